The highest BCUT2D eigenvalue weighted by molar-refractivity contribution is 8.01. The van der Waals surface area contributed by atoms with Gasteiger partial charge < -0.3 is 5.32 Å². The molecule has 0 bridgehead atoms. The molecule has 94 valence electrons. The van der Waals surface area contributed by atoms with Crippen molar-refractivity contribution in [1.29, 1.82) is 0 Å². The van der Waals surface area contributed by atoms with Crippen LogP contribution >= 0.6 is 23.1 Å². The second-order valence-electron chi connectivity index (χ2n) is 3.18. The van der Waals surface area contributed by atoms with Crippen molar-refractivity contribution in [3.63, 3.8) is 0 Å². The van der Waals surface area contributed by atoms with E-state index >= 15 is 0 Å². The lowest BCUT2D eigenvalue weighted by molar-refractivity contribution is -0.117. The summed E-state index contributed by atoms with van der Waals surface area (Å²) >= 11 is 2.69. The second-order valence-corrected chi connectivity index (χ2v) is 5.58. The van der Waals surface area contributed by atoms with E-state index in [0.29, 0.717) is 6.54 Å². The third-order valence-corrected chi connectivity index (χ3v) is 3.59. The van der Waals surface area contributed by atoms with Gasteiger partial charge in [-0.2, -0.15) is 0 Å². The number of amides is 3. The zero-order valence-electron chi connectivity index (χ0n) is 9.65. The molecule has 6 nitrogen and oxygen atoms in total. The van der Waals surface area contributed by atoms with Crippen LogP contribution in [0.2, 0.25) is 0 Å². The average molecular weight is 274 g/mol. The lowest BCUT2D eigenvalue weighted by Crippen LogP contribution is -2.40. The Hall–Kier alpha value is -1.15. The van der Waals surface area contributed by atoms with E-state index in [1.54, 1.807) is 0 Å². The molecule has 1 aromatic heterocycles. The van der Waals surface area contributed by atoms with Crippen LogP contribution in [0.4, 0.5) is 4.79 Å². The molecule has 0 atom stereocenters. The summed E-state index contributed by atoms with van der Waals surface area (Å²) in [7, 11) is 0. The summed E-state index contributed by atoms with van der Waals surface area (Å²) in [5.41, 5.74) is 0. The van der Waals surface area contributed by atoms with E-state index in [1.807, 2.05) is 13.8 Å². The summed E-state index contributed by atoms with van der Waals surface area (Å²) in [6.07, 6.45) is 0.834. The fourth-order valence-electron chi connectivity index (χ4n) is 0.909. The summed E-state index contributed by atoms with van der Waals surface area (Å²) < 4.78 is 0.728. The minimum absolute atomic E-state index is 0.161. The smallest absolute Gasteiger partial charge is 0.321 e. The zero-order chi connectivity index (χ0) is 12.7. The van der Waals surface area contributed by atoms with Crippen molar-refractivity contribution in [2.24, 2.45) is 0 Å². The molecule has 0 saturated heterocycles. The van der Waals surface area contributed by atoms with Gasteiger partial charge >= 0.3 is 6.03 Å². The first-order valence-electron chi connectivity index (χ1n) is 5.12. The predicted molar refractivity (Wildman–Crippen MR) is 67.2 cm³/mol. The number of nitrogens with zero attached hydrogens (tertiary/aromatic N) is 2. The van der Waals surface area contributed by atoms with Gasteiger partial charge in [0.1, 0.15) is 5.01 Å². The number of aromatic nitrogens is 2. The molecule has 0 unspecified atom stereocenters. The van der Waals surface area contributed by atoms with E-state index < -0.39 is 6.03 Å². The Morgan fingerprint density at radius 1 is 1.41 bits per heavy atom. The lowest BCUT2D eigenvalue weighted by Gasteiger charge is -2.04. The molecule has 0 saturated carbocycles. The van der Waals surface area contributed by atoms with Crippen LogP contribution in [0.1, 0.15) is 18.4 Å². The van der Waals surface area contributed by atoms with E-state index in [4.69, 9.17) is 0 Å². The molecule has 0 aromatic carbocycles. The molecular formula is C9H14N4O2S2. The number of nitrogens with one attached hydrogen (secondary N) is 2. The van der Waals surface area contributed by atoms with E-state index in [0.717, 1.165) is 15.8 Å². The maximum absolute atomic E-state index is 11.4. The summed E-state index contributed by atoms with van der Waals surface area (Å²) in [5.74, 6) is -0.176. The maximum Gasteiger partial charge on any atom is 0.321 e. The summed E-state index contributed by atoms with van der Waals surface area (Å²) in [6, 6.07) is -0.453. The van der Waals surface area contributed by atoms with Crippen molar-refractivity contribution < 1.29 is 9.59 Å². The fraction of sp³-hybridized carbons (Fsp3) is 0.556. The minimum atomic E-state index is -0.453. The van der Waals surface area contributed by atoms with Gasteiger partial charge in [0, 0.05) is 6.54 Å². The fourth-order valence-corrected chi connectivity index (χ4v) is 2.53. The second kappa shape index (κ2) is 7.23. The van der Waals surface area contributed by atoms with Gasteiger partial charge in [0.05, 0.1) is 5.75 Å². The Morgan fingerprint density at radius 3 is 2.76 bits per heavy atom. The molecule has 1 heterocycles. The number of hydrogen-bond acceptors (Lipinski definition) is 6. The molecular weight excluding hydrogens is 260 g/mol. The minimum Gasteiger partial charge on any atom is -0.338 e. The van der Waals surface area contributed by atoms with E-state index in [1.165, 1.54) is 23.1 Å². The van der Waals surface area contributed by atoms with Crippen molar-refractivity contribution in [1.82, 2.24) is 20.8 Å². The summed E-state index contributed by atoms with van der Waals surface area (Å²) in [5, 5.41) is 13.4. The lowest BCUT2D eigenvalue weighted by atomic mass is 10.5. The molecule has 1 aromatic rings. The van der Waals surface area contributed by atoms with E-state index in [9.17, 15) is 9.59 Å². The van der Waals surface area contributed by atoms with Gasteiger partial charge in [0.2, 0.25) is 5.91 Å². The Kier molecular flexibility index (Phi) is 5.92. The van der Waals surface area contributed by atoms with E-state index in [2.05, 4.69) is 20.8 Å². The molecule has 2 N–H and O–H groups in total. The number of thioether (sulfide) groups is 1. The number of urea groups is 1. The normalized spacial score (nSPS) is 10.0. The standard InChI is InChI=1S/C9H14N4O2S2/c1-3-4-10-8(15)11-7(14)5-16-9-13-12-6(2)17-9/h3-5H2,1-2H3,(H2,10,11,14,15). The predicted octanol–water partition coefficient (Wildman–Crippen LogP) is 1.17. The molecule has 3 amide bonds. The van der Waals surface area contributed by atoms with Crippen LogP contribution < -0.4 is 10.6 Å². The van der Waals surface area contributed by atoms with Gasteiger partial charge in [-0.1, -0.05) is 30.0 Å². The van der Waals surface area contributed by atoms with Crippen LogP contribution in [-0.4, -0.2) is 34.4 Å². The van der Waals surface area contributed by atoms with Crippen LogP contribution in [0.25, 0.3) is 0 Å². The molecule has 8 heteroatoms. The molecule has 0 aliphatic rings. The quantitative estimate of drug-likeness (QED) is 0.788. The largest absolute Gasteiger partial charge is 0.338 e. The van der Waals surface area contributed by atoms with Gasteiger partial charge in [-0.25, -0.2) is 4.79 Å². The van der Waals surface area contributed by atoms with Crippen LogP contribution in [-0.2, 0) is 4.79 Å². The van der Waals surface area contributed by atoms with Crippen molar-refractivity contribution in [3.05, 3.63) is 5.01 Å². The number of carbonyl (C=O) groups is 2. The number of carbonyl (C=O) groups excluding carboxylic acids is 2. The van der Waals surface area contributed by atoms with Gasteiger partial charge in [-0.05, 0) is 13.3 Å². The van der Waals surface area contributed by atoms with Gasteiger partial charge in [0.25, 0.3) is 0 Å². The number of imide groups is 1. The average Bonchev–Trinajstić information content (AvgIpc) is 2.70. The van der Waals surface area contributed by atoms with Crippen molar-refractivity contribution >= 4 is 35.0 Å². The SMILES string of the molecule is CCCNC(=O)NC(=O)CSc1nnc(C)s1. The number of aryl methyl sites for hydroxylation is 1. The number of rotatable bonds is 5. The van der Waals surface area contributed by atoms with E-state index in [-0.39, 0.29) is 11.7 Å². The molecule has 1 rings (SSSR count). The van der Waals surface area contributed by atoms with Crippen molar-refractivity contribution in [2.45, 2.75) is 24.6 Å². The highest BCUT2D eigenvalue weighted by Gasteiger charge is 2.09. The first kappa shape index (κ1) is 13.9. The Balaban J connectivity index is 2.23. The molecule has 0 fully saturated rings. The van der Waals surface area contributed by atoms with Crippen molar-refractivity contribution in [2.75, 3.05) is 12.3 Å². The van der Waals surface area contributed by atoms with Gasteiger partial charge in [-0.3, -0.25) is 10.1 Å². The third kappa shape index (κ3) is 5.64. The highest BCUT2D eigenvalue weighted by atomic mass is 32.2. The molecule has 17 heavy (non-hydrogen) atoms. The van der Waals surface area contributed by atoms with Crippen LogP contribution in [0.5, 0.6) is 0 Å². The van der Waals surface area contributed by atoms with Crippen molar-refractivity contribution in [3.8, 4) is 0 Å². The van der Waals surface area contributed by atoms with Crippen LogP contribution in [0.3, 0.4) is 0 Å². The van der Waals surface area contributed by atoms with Gasteiger partial charge in [-0.15, -0.1) is 10.2 Å². The Morgan fingerprint density at radius 2 is 2.18 bits per heavy atom. The Labute approximate surface area is 108 Å². The summed E-state index contributed by atoms with van der Waals surface area (Å²) in [4.78, 5) is 22.5. The van der Waals surface area contributed by atoms with Crippen LogP contribution in [0.15, 0.2) is 4.34 Å². The zero-order valence-corrected chi connectivity index (χ0v) is 11.3. The van der Waals surface area contributed by atoms with Gasteiger partial charge in [0.15, 0.2) is 4.34 Å². The number of hydrogen-bond donors (Lipinski definition) is 2. The topological polar surface area (TPSA) is 84.0 Å². The molecule has 0 radical (unpaired) electrons. The highest BCUT2D eigenvalue weighted by Crippen LogP contribution is 2.21. The first-order chi connectivity index (χ1) is 8.11. The molecule has 0 aliphatic carbocycles. The molecule has 0 spiro atoms. The Bertz CT molecular complexity index is 394. The monoisotopic (exact) mass is 274 g/mol. The maximum atomic E-state index is 11.4. The first-order valence-corrected chi connectivity index (χ1v) is 6.92. The third-order valence-electron chi connectivity index (χ3n) is 1.62. The summed E-state index contributed by atoms with van der Waals surface area (Å²) in [6.45, 7) is 4.34. The molecule has 0 aliphatic heterocycles. The van der Waals surface area contributed by atoms with Crippen LogP contribution in [0, 0.1) is 6.92 Å².